The Bertz CT molecular complexity index is 1110. The smallest absolute Gasteiger partial charge is 0.383 e. The molecule has 0 aliphatic carbocycles. The summed E-state index contributed by atoms with van der Waals surface area (Å²) >= 11 is 1.38. The van der Waals surface area contributed by atoms with Crippen LogP contribution in [0.5, 0.6) is 0 Å². The maximum atomic E-state index is 13.0. The lowest BCUT2D eigenvalue weighted by atomic mass is 10.2. The molecular weight excluding hydrogens is 379 g/mol. The summed E-state index contributed by atoms with van der Waals surface area (Å²) in [5.74, 6) is -0.279. The molecule has 136 valence electrons. The van der Waals surface area contributed by atoms with Crippen molar-refractivity contribution < 1.29 is 13.2 Å². The second-order valence-electron chi connectivity index (χ2n) is 5.25. The molecule has 0 saturated carbocycles. The van der Waals surface area contributed by atoms with Crippen LogP contribution in [-0.2, 0) is 6.18 Å². The minimum atomic E-state index is -4.59. The standard InChI is InChI=1S/C17H10F3N5OS/c18-17(19,20)10-3-1-4-11(7-10)25-15(22)14(13(8-21)24-16(25)26)23-9-12-5-2-6-27-12/h1-7,9H,22H2. The largest absolute Gasteiger partial charge is 0.416 e. The minimum absolute atomic E-state index is 0.0945. The number of nitrogen functional groups attached to an aromatic ring is 1. The van der Waals surface area contributed by atoms with E-state index >= 15 is 0 Å². The number of nitriles is 1. The minimum Gasteiger partial charge on any atom is -0.383 e. The topological polar surface area (TPSA) is 97.1 Å². The van der Waals surface area contributed by atoms with Crippen molar-refractivity contribution in [1.82, 2.24) is 9.55 Å². The average molecular weight is 389 g/mol. The first-order valence-electron chi connectivity index (χ1n) is 7.39. The molecule has 27 heavy (non-hydrogen) atoms. The van der Waals surface area contributed by atoms with Gasteiger partial charge in [0.25, 0.3) is 0 Å². The molecule has 0 atom stereocenters. The Morgan fingerprint density at radius 3 is 2.70 bits per heavy atom. The Labute approximate surface area is 154 Å². The molecule has 1 aromatic carbocycles. The fraction of sp³-hybridized carbons (Fsp3) is 0.0588. The number of hydrogen-bond donors (Lipinski definition) is 1. The lowest BCUT2D eigenvalue weighted by molar-refractivity contribution is -0.137. The zero-order valence-corrected chi connectivity index (χ0v) is 14.3. The van der Waals surface area contributed by atoms with Crippen molar-refractivity contribution in [3.63, 3.8) is 0 Å². The summed E-state index contributed by atoms with van der Waals surface area (Å²) in [6, 6.07) is 9.37. The van der Waals surface area contributed by atoms with Crippen LogP contribution in [0.2, 0.25) is 0 Å². The summed E-state index contributed by atoms with van der Waals surface area (Å²) in [5, 5.41) is 11.0. The van der Waals surface area contributed by atoms with Crippen LogP contribution in [0, 0.1) is 11.3 Å². The van der Waals surface area contributed by atoms with Crippen LogP contribution in [0.3, 0.4) is 0 Å². The molecule has 6 nitrogen and oxygen atoms in total. The molecule has 2 aromatic heterocycles. The van der Waals surface area contributed by atoms with Gasteiger partial charge in [0.2, 0.25) is 0 Å². The highest BCUT2D eigenvalue weighted by Gasteiger charge is 2.31. The van der Waals surface area contributed by atoms with E-state index in [0.29, 0.717) is 0 Å². The highest BCUT2D eigenvalue weighted by Crippen LogP contribution is 2.31. The van der Waals surface area contributed by atoms with E-state index in [1.165, 1.54) is 23.6 Å². The molecule has 2 heterocycles. The molecular formula is C17H10F3N5OS. The van der Waals surface area contributed by atoms with Gasteiger partial charge in [-0.25, -0.2) is 14.4 Å². The van der Waals surface area contributed by atoms with Crippen LogP contribution in [0.1, 0.15) is 16.1 Å². The zero-order chi connectivity index (χ0) is 19.6. The third-order valence-corrected chi connectivity index (χ3v) is 4.32. The van der Waals surface area contributed by atoms with Crippen molar-refractivity contribution >= 4 is 29.1 Å². The Balaban J connectivity index is 2.19. The summed E-state index contributed by atoms with van der Waals surface area (Å²) in [7, 11) is 0. The highest BCUT2D eigenvalue weighted by atomic mass is 32.1. The normalized spacial score (nSPS) is 11.6. The third kappa shape index (κ3) is 3.73. The lowest BCUT2D eigenvalue weighted by Gasteiger charge is -2.13. The number of thiophene rings is 1. The maximum absolute atomic E-state index is 13.0. The van der Waals surface area contributed by atoms with Gasteiger partial charge in [-0.05, 0) is 29.6 Å². The van der Waals surface area contributed by atoms with Crippen LogP contribution in [0.15, 0.2) is 51.6 Å². The fourth-order valence-electron chi connectivity index (χ4n) is 2.30. The lowest BCUT2D eigenvalue weighted by Crippen LogP contribution is -2.25. The van der Waals surface area contributed by atoms with Gasteiger partial charge in [-0.2, -0.15) is 23.4 Å². The number of anilines is 1. The van der Waals surface area contributed by atoms with Gasteiger partial charge in [0, 0.05) is 11.1 Å². The van der Waals surface area contributed by atoms with E-state index in [9.17, 15) is 23.2 Å². The number of aromatic nitrogens is 2. The molecule has 0 aliphatic heterocycles. The zero-order valence-electron chi connectivity index (χ0n) is 13.4. The first-order chi connectivity index (χ1) is 12.8. The number of halogens is 3. The molecule has 0 spiro atoms. The van der Waals surface area contributed by atoms with Gasteiger partial charge in [-0.3, -0.25) is 0 Å². The molecule has 0 radical (unpaired) electrons. The first kappa shape index (κ1) is 18.3. The molecule has 0 fully saturated rings. The summed E-state index contributed by atoms with van der Waals surface area (Å²) < 4.78 is 39.7. The predicted molar refractivity (Wildman–Crippen MR) is 95.5 cm³/mol. The van der Waals surface area contributed by atoms with Crippen molar-refractivity contribution in [2.24, 2.45) is 4.99 Å². The average Bonchev–Trinajstić information content (AvgIpc) is 3.13. The van der Waals surface area contributed by atoms with Gasteiger partial charge in [-0.1, -0.05) is 12.1 Å². The van der Waals surface area contributed by atoms with E-state index < -0.39 is 17.4 Å². The van der Waals surface area contributed by atoms with Gasteiger partial charge >= 0.3 is 11.9 Å². The SMILES string of the molecule is N#Cc1nc(=O)n(-c2cccc(C(F)(F)F)c2)c(N)c1N=Cc1cccs1. The van der Waals surface area contributed by atoms with Crippen molar-refractivity contribution in [2.75, 3.05) is 5.73 Å². The van der Waals surface area contributed by atoms with Crippen molar-refractivity contribution in [2.45, 2.75) is 6.18 Å². The molecule has 0 amide bonds. The second kappa shape index (κ2) is 7.05. The molecule has 10 heteroatoms. The van der Waals surface area contributed by atoms with E-state index in [1.807, 2.05) is 5.38 Å². The van der Waals surface area contributed by atoms with E-state index in [0.717, 1.165) is 27.6 Å². The molecule has 3 aromatic rings. The number of alkyl halides is 3. The Morgan fingerprint density at radius 2 is 2.07 bits per heavy atom. The van der Waals surface area contributed by atoms with Gasteiger partial charge in [0.15, 0.2) is 5.69 Å². The molecule has 2 N–H and O–H groups in total. The monoisotopic (exact) mass is 389 g/mol. The van der Waals surface area contributed by atoms with Crippen LogP contribution in [0.25, 0.3) is 5.69 Å². The quantitative estimate of drug-likeness (QED) is 0.693. The first-order valence-corrected chi connectivity index (χ1v) is 8.27. The molecule has 0 bridgehead atoms. The number of benzene rings is 1. The van der Waals surface area contributed by atoms with Crippen LogP contribution in [-0.4, -0.2) is 15.8 Å². The number of hydrogen-bond acceptors (Lipinski definition) is 6. The van der Waals surface area contributed by atoms with Crippen molar-refractivity contribution in [3.05, 3.63) is 68.4 Å². The third-order valence-electron chi connectivity index (χ3n) is 3.51. The number of nitrogens with zero attached hydrogens (tertiary/aromatic N) is 4. The second-order valence-corrected chi connectivity index (χ2v) is 6.23. The maximum Gasteiger partial charge on any atom is 0.416 e. The number of nitrogens with two attached hydrogens (primary N) is 1. The Hall–Kier alpha value is -3.45. The van der Waals surface area contributed by atoms with E-state index in [1.54, 1.807) is 18.2 Å². The van der Waals surface area contributed by atoms with E-state index in [-0.39, 0.29) is 22.9 Å². The van der Waals surface area contributed by atoms with Gasteiger partial charge in [0.05, 0.1) is 11.3 Å². The molecule has 0 unspecified atom stereocenters. The van der Waals surface area contributed by atoms with Crippen LogP contribution in [0.4, 0.5) is 24.7 Å². The van der Waals surface area contributed by atoms with Gasteiger partial charge < -0.3 is 5.73 Å². The number of aliphatic imine (C=N–C) groups is 1. The van der Waals surface area contributed by atoms with Crippen molar-refractivity contribution in [1.29, 1.82) is 5.26 Å². The fourth-order valence-corrected chi connectivity index (χ4v) is 2.88. The number of rotatable bonds is 3. The Kier molecular flexibility index (Phi) is 4.79. The summed E-state index contributed by atoms with van der Waals surface area (Å²) in [5.41, 5.74) is 3.52. The van der Waals surface area contributed by atoms with E-state index in [4.69, 9.17) is 5.73 Å². The van der Waals surface area contributed by atoms with Crippen LogP contribution < -0.4 is 11.4 Å². The van der Waals surface area contributed by atoms with E-state index in [2.05, 4.69) is 9.98 Å². The van der Waals surface area contributed by atoms with Gasteiger partial charge in [-0.15, -0.1) is 11.3 Å². The molecule has 3 rings (SSSR count). The molecule has 0 aliphatic rings. The van der Waals surface area contributed by atoms with Crippen LogP contribution >= 0.6 is 11.3 Å². The summed E-state index contributed by atoms with van der Waals surface area (Å²) in [4.78, 5) is 20.7. The summed E-state index contributed by atoms with van der Waals surface area (Å²) in [6.07, 6.45) is -3.16. The molecule has 0 saturated heterocycles. The predicted octanol–water partition coefficient (Wildman–Crippen LogP) is 3.52. The van der Waals surface area contributed by atoms with Crippen molar-refractivity contribution in [3.8, 4) is 11.8 Å². The van der Waals surface area contributed by atoms with Gasteiger partial charge in [0.1, 0.15) is 17.6 Å². The highest BCUT2D eigenvalue weighted by molar-refractivity contribution is 7.11. The summed E-state index contributed by atoms with van der Waals surface area (Å²) in [6.45, 7) is 0. The Morgan fingerprint density at radius 1 is 1.30 bits per heavy atom.